The molecule has 0 amide bonds. The van der Waals surface area contributed by atoms with Gasteiger partial charge in [0.1, 0.15) is 5.69 Å². The Labute approximate surface area is 103 Å². The van der Waals surface area contributed by atoms with E-state index in [0.29, 0.717) is 10.7 Å². The third-order valence-electron chi connectivity index (χ3n) is 2.40. The van der Waals surface area contributed by atoms with Crippen molar-refractivity contribution in [3.05, 3.63) is 51.9 Å². The van der Waals surface area contributed by atoms with E-state index in [9.17, 15) is 22.8 Å². The number of nitrogens with zero attached hydrogens (tertiary/aromatic N) is 1. The van der Waals surface area contributed by atoms with Gasteiger partial charge in [-0.3, -0.25) is 9.89 Å². The number of rotatable bonds is 2. The van der Waals surface area contributed by atoms with Crippen molar-refractivity contribution in [2.24, 2.45) is 0 Å². The number of halogens is 3. The van der Waals surface area contributed by atoms with E-state index < -0.39 is 23.4 Å². The number of aromatic carboxylic acids is 1. The van der Waals surface area contributed by atoms with Crippen molar-refractivity contribution in [3.63, 3.8) is 0 Å². The molecule has 0 unspecified atom stereocenters. The Morgan fingerprint density at radius 2 is 1.79 bits per heavy atom. The number of carboxylic acids is 1. The maximum Gasteiger partial charge on any atom is 0.432 e. The summed E-state index contributed by atoms with van der Waals surface area (Å²) in [4.78, 5) is 22.0. The van der Waals surface area contributed by atoms with Gasteiger partial charge in [-0.2, -0.15) is 13.2 Å². The van der Waals surface area contributed by atoms with Gasteiger partial charge in [-0.15, -0.1) is 0 Å². The van der Waals surface area contributed by atoms with E-state index >= 15 is 0 Å². The second-order valence-corrected chi connectivity index (χ2v) is 3.69. The molecule has 0 radical (unpaired) electrons. The Bertz CT molecular complexity index is 668. The number of H-pyrrole nitrogens is 1. The predicted molar refractivity (Wildman–Crippen MR) is 58.4 cm³/mol. The topological polar surface area (TPSA) is 75.1 Å². The highest BCUT2D eigenvalue weighted by atomic mass is 19.4. The monoisotopic (exact) mass is 272 g/mol. The number of hydrogen-bond acceptors (Lipinski definition) is 2. The van der Waals surface area contributed by atoms with Gasteiger partial charge in [-0.25, -0.2) is 9.48 Å². The van der Waals surface area contributed by atoms with Crippen LogP contribution in [0.4, 0.5) is 13.2 Å². The Morgan fingerprint density at radius 3 is 2.21 bits per heavy atom. The fourth-order valence-corrected chi connectivity index (χ4v) is 1.49. The van der Waals surface area contributed by atoms with Crippen LogP contribution in [-0.4, -0.2) is 20.9 Å². The Hall–Kier alpha value is -2.51. The first kappa shape index (κ1) is 12.9. The molecule has 2 aromatic rings. The van der Waals surface area contributed by atoms with Crippen LogP contribution in [0.3, 0.4) is 0 Å². The number of hydrogen-bond donors (Lipinski definition) is 2. The SMILES string of the molecule is O=C(O)c1ccc(-n2[nH]c(C(F)(F)F)cc2=O)cc1. The summed E-state index contributed by atoms with van der Waals surface area (Å²) in [5.41, 5.74) is -1.96. The maximum atomic E-state index is 12.4. The molecule has 100 valence electrons. The van der Waals surface area contributed by atoms with Crippen molar-refractivity contribution in [2.45, 2.75) is 6.18 Å². The largest absolute Gasteiger partial charge is 0.478 e. The third kappa shape index (κ3) is 2.51. The molecule has 8 heteroatoms. The molecule has 0 saturated carbocycles. The summed E-state index contributed by atoms with van der Waals surface area (Å²) in [6, 6.07) is 5.30. The standard InChI is InChI=1S/C11H7F3N2O3/c12-11(13,14)8-5-9(17)16(15-8)7-3-1-6(2-4-7)10(18)19/h1-5,15H,(H,18,19). The summed E-state index contributed by atoms with van der Waals surface area (Å²) in [5.74, 6) is -1.17. The van der Waals surface area contributed by atoms with E-state index in [1.807, 2.05) is 5.10 Å². The van der Waals surface area contributed by atoms with Crippen LogP contribution >= 0.6 is 0 Å². The highest BCUT2D eigenvalue weighted by Crippen LogP contribution is 2.26. The summed E-state index contributed by atoms with van der Waals surface area (Å²) in [6.07, 6.45) is -4.65. The zero-order valence-corrected chi connectivity index (χ0v) is 9.23. The van der Waals surface area contributed by atoms with Crippen LogP contribution in [0.25, 0.3) is 5.69 Å². The average Bonchev–Trinajstić information content (AvgIpc) is 2.71. The highest BCUT2D eigenvalue weighted by Gasteiger charge is 2.33. The molecule has 5 nitrogen and oxygen atoms in total. The number of aromatic nitrogens is 2. The van der Waals surface area contributed by atoms with Gasteiger partial charge in [0, 0.05) is 6.07 Å². The van der Waals surface area contributed by atoms with E-state index in [0.717, 1.165) is 0 Å². The van der Waals surface area contributed by atoms with Crippen molar-refractivity contribution in [1.82, 2.24) is 9.78 Å². The summed E-state index contributed by atoms with van der Waals surface area (Å²) < 4.78 is 37.9. The lowest BCUT2D eigenvalue weighted by Crippen LogP contribution is -2.13. The molecule has 0 fully saturated rings. The summed E-state index contributed by atoms with van der Waals surface area (Å²) in [5, 5.41) is 10.6. The molecule has 0 aliphatic rings. The number of nitrogens with one attached hydrogen (secondary N) is 1. The van der Waals surface area contributed by atoms with Crippen molar-refractivity contribution < 1.29 is 23.1 Å². The molecular weight excluding hydrogens is 265 g/mol. The molecule has 0 spiro atoms. The normalized spacial score (nSPS) is 11.5. The second-order valence-electron chi connectivity index (χ2n) is 3.69. The Morgan fingerprint density at radius 1 is 1.21 bits per heavy atom. The molecule has 0 saturated heterocycles. The summed E-state index contributed by atoms with van der Waals surface area (Å²) in [7, 11) is 0. The van der Waals surface area contributed by atoms with Gasteiger partial charge in [-0.1, -0.05) is 0 Å². The zero-order chi connectivity index (χ0) is 14.2. The predicted octanol–water partition coefficient (Wildman–Crippen LogP) is 1.88. The van der Waals surface area contributed by atoms with E-state index in [1.54, 1.807) is 0 Å². The molecule has 1 aromatic carbocycles. The molecule has 0 aliphatic heterocycles. The lowest BCUT2D eigenvalue weighted by molar-refractivity contribution is -0.141. The highest BCUT2D eigenvalue weighted by molar-refractivity contribution is 5.87. The molecule has 1 aromatic heterocycles. The Balaban J connectivity index is 2.45. The van der Waals surface area contributed by atoms with Crippen LogP contribution in [0.1, 0.15) is 16.1 Å². The molecule has 2 N–H and O–H groups in total. The molecule has 0 aliphatic carbocycles. The number of benzene rings is 1. The van der Waals surface area contributed by atoms with E-state index in [1.165, 1.54) is 24.3 Å². The fraction of sp³-hybridized carbons (Fsp3) is 0.0909. The minimum atomic E-state index is -4.65. The number of carbonyl (C=O) groups is 1. The van der Waals surface area contributed by atoms with Gasteiger partial charge in [-0.05, 0) is 24.3 Å². The minimum absolute atomic E-state index is 0.0283. The van der Waals surface area contributed by atoms with Crippen LogP contribution < -0.4 is 5.56 Å². The first-order valence-electron chi connectivity index (χ1n) is 5.02. The molecule has 0 atom stereocenters. The van der Waals surface area contributed by atoms with E-state index in [4.69, 9.17) is 5.11 Å². The minimum Gasteiger partial charge on any atom is -0.478 e. The average molecular weight is 272 g/mol. The zero-order valence-electron chi connectivity index (χ0n) is 9.23. The molecule has 2 rings (SSSR count). The van der Waals surface area contributed by atoms with Crippen molar-refractivity contribution in [2.75, 3.05) is 0 Å². The van der Waals surface area contributed by atoms with Gasteiger partial charge in [0.05, 0.1) is 11.3 Å². The van der Waals surface area contributed by atoms with Gasteiger partial charge in [0.2, 0.25) is 0 Å². The smallest absolute Gasteiger partial charge is 0.432 e. The molecule has 0 bridgehead atoms. The number of aromatic amines is 1. The second kappa shape index (κ2) is 4.30. The summed E-state index contributed by atoms with van der Waals surface area (Å²) >= 11 is 0. The van der Waals surface area contributed by atoms with E-state index in [-0.39, 0.29) is 11.3 Å². The van der Waals surface area contributed by atoms with Gasteiger partial charge >= 0.3 is 12.1 Å². The van der Waals surface area contributed by atoms with Crippen molar-refractivity contribution in [3.8, 4) is 5.69 Å². The van der Waals surface area contributed by atoms with Gasteiger partial charge in [0.25, 0.3) is 5.56 Å². The maximum absolute atomic E-state index is 12.4. The van der Waals surface area contributed by atoms with Crippen LogP contribution in [0.15, 0.2) is 35.1 Å². The number of carboxylic acid groups (broad SMARTS) is 1. The fourth-order valence-electron chi connectivity index (χ4n) is 1.49. The third-order valence-corrected chi connectivity index (χ3v) is 2.40. The van der Waals surface area contributed by atoms with Crippen LogP contribution in [-0.2, 0) is 6.18 Å². The lowest BCUT2D eigenvalue weighted by Gasteiger charge is -2.04. The first-order chi connectivity index (χ1) is 8.79. The lowest BCUT2D eigenvalue weighted by atomic mass is 10.2. The molecule has 1 heterocycles. The van der Waals surface area contributed by atoms with Gasteiger partial charge in [0.15, 0.2) is 0 Å². The molecular formula is C11H7F3N2O3. The first-order valence-corrected chi connectivity index (χ1v) is 5.02. The van der Waals surface area contributed by atoms with E-state index in [2.05, 4.69) is 0 Å². The quantitative estimate of drug-likeness (QED) is 0.876. The summed E-state index contributed by atoms with van der Waals surface area (Å²) in [6.45, 7) is 0. The number of alkyl halides is 3. The van der Waals surface area contributed by atoms with Crippen molar-refractivity contribution in [1.29, 1.82) is 0 Å². The molecule has 19 heavy (non-hydrogen) atoms. The van der Waals surface area contributed by atoms with Crippen LogP contribution in [0, 0.1) is 0 Å². The Kier molecular flexibility index (Phi) is 2.93. The van der Waals surface area contributed by atoms with Crippen LogP contribution in [0.5, 0.6) is 0 Å². The van der Waals surface area contributed by atoms with Gasteiger partial charge < -0.3 is 5.11 Å². The van der Waals surface area contributed by atoms with Crippen molar-refractivity contribution >= 4 is 5.97 Å². The van der Waals surface area contributed by atoms with Crippen LogP contribution in [0.2, 0.25) is 0 Å².